The van der Waals surface area contributed by atoms with Crippen LogP contribution in [0, 0.1) is 10.1 Å². The fourth-order valence-electron chi connectivity index (χ4n) is 5.44. The number of benzene rings is 3. The molecule has 1 unspecified atom stereocenters. The molecule has 0 aliphatic heterocycles. The maximum atomic E-state index is 13.6. The van der Waals surface area contributed by atoms with Crippen molar-refractivity contribution >= 4 is 28.9 Å². The third kappa shape index (κ3) is 6.68. The lowest BCUT2D eigenvalue weighted by Gasteiger charge is -2.31. The minimum Gasteiger partial charge on any atom is -0.318 e. The fraction of sp³-hybridized carbons (Fsp3) is 0.371. The van der Waals surface area contributed by atoms with E-state index in [1.54, 1.807) is 24.3 Å². The van der Waals surface area contributed by atoms with Crippen LogP contribution in [0.5, 0.6) is 0 Å². The summed E-state index contributed by atoms with van der Waals surface area (Å²) < 4.78 is 0. The number of unbranched alkanes of at least 4 members (excludes halogenated alkanes) is 3. The Morgan fingerprint density at radius 1 is 0.909 bits per heavy atom. The van der Waals surface area contributed by atoms with Crippen molar-refractivity contribution in [3.05, 3.63) is 98.6 Å². The number of nitro groups is 1. The number of hydrogen-bond donors (Lipinski definition) is 0. The Labute approximate surface area is 258 Å². The number of Topliss-reactive ketones (excluding diaryl/α,β-unsaturated/α-hetero) is 2. The molecule has 1 aliphatic carbocycles. The third-order valence-electron chi connectivity index (χ3n) is 8.47. The number of nitrogens with zero attached hydrogens (tertiary/aromatic N) is 3. The van der Waals surface area contributed by atoms with Crippen LogP contribution >= 0.6 is 0 Å². The lowest BCUT2D eigenvalue weighted by molar-refractivity contribution is -0.384. The zero-order valence-electron chi connectivity index (χ0n) is 26.2. The number of carbonyl (C=O) groups is 3. The second-order valence-electron chi connectivity index (χ2n) is 11.9. The maximum Gasteiger partial charge on any atom is 0.331 e. The Kier molecular flexibility index (Phi) is 9.89. The summed E-state index contributed by atoms with van der Waals surface area (Å²) in [7, 11) is 3.74. The van der Waals surface area contributed by atoms with Gasteiger partial charge in [0, 0.05) is 36.1 Å². The molecule has 44 heavy (non-hydrogen) atoms. The van der Waals surface area contributed by atoms with Crippen molar-refractivity contribution in [2.24, 2.45) is 5.16 Å². The van der Waals surface area contributed by atoms with E-state index < -0.39 is 16.4 Å². The van der Waals surface area contributed by atoms with Gasteiger partial charge in [-0.05, 0) is 74.7 Å². The van der Waals surface area contributed by atoms with Crippen LogP contribution in [0.4, 0.5) is 5.69 Å². The van der Waals surface area contributed by atoms with E-state index in [2.05, 4.69) is 12.1 Å². The average molecular weight is 598 g/mol. The van der Waals surface area contributed by atoms with E-state index in [-0.39, 0.29) is 28.9 Å². The molecule has 0 saturated carbocycles. The quantitative estimate of drug-likeness (QED) is 0.0395. The van der Waals surface area contributed by atoms with Gasteiger partial charge < -0.3 is 4.84 Å². The van der Waals surface area contributed by atoms with Crippen LogP contribution in [-0.2, 0) is 9.63 Å². The highest BCUT2D eigenvalue weighted by atomic mass is 16.7. The second-order valence-corrected chi connectivity index (χ2v) is 11.9. The SMILES string of the molecule is CCCCCC/C(=N\OC(C)=O)C(=O)c1ccc2c(c1)-c1cc([N+](=O)[O-])ccc1C2c1ccc(C(=O)C(C)(C)N(C)C)cc1. The Hall–Kier alpha value is -4.50. The molecule has 230 valence electrons. The van der Waals surface area contributed by atoms with Gasteiger partial charge >= 0.3 is 5.97 Å². The van der Waals surface area contributed by atoms with Crippen LogP contribution in [0.15, 0.2) is 65.8 Å². The van der Waals surface area contributed by atoms with Gasteiger partial charge in [0.1, 0.15) is 5.71 Å². The van der Waals surface area contributed by atoms with E-state index in [1.807, 2.05) is 63.2 Å². The molecule has 0 heterocycles. The van der Waals surface area contributed by atoms with Crippen LogP contribution in [0.2, 0.25) is 0 Å². The van der Waals surface area contributed by atoms with Gasteiger partial charge in [-0.25, -0.2) is 4.79 Å². The van der Waals surface area contributed by atoms with Crippen LogP contribution in [-0.4, -0.2) is 52.7 Å². The van der Waals surface area contributed by atoms with E-state index >= 15 is 0 Å². The molecular weight excluding hydrogens is 558 g/mol. The predicted molar refractivity (Wildman–Crippen MR) is 170 cm³/mol. The van der Waals surface area contributed by atoms with Crippen molar-refractivity contribution in [3.63, 3.8) is 0 Å². The molecule has 3 aromatic rings. The highest BCUT2D eigenvalue weighted by Crippen LogP contribution is 2.49. The number of non-ortho nitro benzene ring substituents is 1. The minimum absolute atomic E-state index is 0.000895. The summed E-state index contributed by atoms with van der Waals surface area (Å²) in [6.45, 7) is 7.09. The van der Waals surface area contributed by atoms with Crippen LogP contribution in [0.1, 0.15) is 103 Å². The molecule has 0 saturated heterocycles. The Morgan fingerprint density at radius 2 is 1.52 bits per heavy atom. The Bertz CT molecular complexity index is 1620. The largest absolute Gasteiger partial charge is 0.331 e. The number of hydrogen-bond acceptors (Lipinski definition) is 8. The molecule has 9 nitrogen and oxygen atoms in total. The van der Waals surface area contributed by atoms with Crippen LogP contribution in [0.25, 0.3) is 11.1 Å². The molecule has 3 aromatic carbocycles. The summed E-state index contributed by atoms with van der Waals surface area (Å²) in [5, 5.41) is 15.6. The van der Waals surface area contributed by atoms with Crippen molar-refractivity contribution < 1.29 is 24.1 Å². The monoisotopic (exact) mass is 597 g/mol. The number of nitro benzene ring substituents is 1. The Morgan fingerprint density at radius 3 is 2.11 bits per heavy atom. The van der Waals surface area contributed by atoms with E-state index in [0.717, 1.165) is 42.4 Å². The summed E-state index contributed by atoms with van der Waals surface area (Å²) >= 11 is 0. The summed E-state index contributed by atoms with van der Waals surface area (Å²) in [4.78, 5) is 56.3. The van der Waals surface area contributed by atoms with Crippen molar-refractivity contribution in [1.29, 1.82) is 0 Å². The van der Waals surface area contributed by atoms with Gasteiger partial charge in [0.05, 0.1) is 10.5 Å². The number of likely N-dealkylation sites (N-methyl/N-ethyl adjacent to an activating group) is 1. The first-order chi connectivity index (χ1) is 20.9. The van der Waals surface area contributed by atoms with E-state index in [0.29, 0.717) is 28.7 Å². The number of fused-ring (bicyclic) bond motifs is 3. The summed E-state index contributed by atoms with van der Waals surface area (Å²) in [5.74, 6) is -1.22. The lowest BCUT2D eigenvalue weighted by atomic mass is 9.86. The van der Waals surface area contributed by atoms with E-state index in [4.69, 9.17) is 4.84 Å². The van der Waals surface area contributed by atoms with Crippen molar-refractivity contribution in [1.82, 2.24) is 4.90 Å². The first-order valence-corrected chi connectivity index (χ1v) is 14.9. The predicted octanol–water partition coefficient (Wildman–Crippen LogP) is 7.35. The standard InChI is InChI=1S/C35H39N3O6/c1-7-8-9-10-11-31(36-44-22(2)39)33(40)25-16-18-27-29(20-25)30-21-26(38(42)43)17-19-28(30)32(27)23-12-14-24(15-13-23)34(41)35(3,4)37(5)6/h12-21,32H,7-11H2,1-6H3/b36-31+. The molecule has 0 amide bonds. The number of rotatable bonds is 13. The van der Waals surface area contributed by atoms with Crippen LogP contribution in [0.3, 0.4) is 0 Å². The van der Waals surface area contributed by atoms with Gasteiger partial charge in [-0.1, -0.05) is 73.8 Å². The number of carbonyl (C=O) groups excluding carboxylic acids is 3. The molecule has 4 rings (SSSR count). The Balaban J connectivity index is 1.76. The molecule has 0 fully saturated rings. The molecule has 0 bridgehead atoms. The number of ketones is 2. The van der Waals surface area contributed by atoms with Crippen molar-refractivity contribution in [3.8, 4) is 11.1 Å². The zero-order valence-corrected chi connectivity index (χ0v) is 26.2. The van der Waals surface area contributed by atoms with Crippen molar-refractivity contribution in [2.45, 2.75) is 71.3 Å². The molecule has 0 N–H and O–H groups in total. The topological polar surface area (TPSA) is 119 Å². The van der Waals surface area contributed by atoms with Gasteiger partial charge in [-0.3, -0.25) is 24.6 Å². The molecular formula is C35H39N3O6. The molecule has 0 radical (unpaired) electrons. The molecule has 1 aliphatic rings. The third-order valence-corrected chi connectivity index (χ3v) is 8.47. The normalized spacial score (nSPS) is 14.2. The van der Waals surface area contributed by atoms with Gasteiger partial charge in [0.25, 0.3) is 5.69 Å². The van der Waals surface area contributed by atoms with Gasteiger partial charge in [0.2, 0.25) is 5.78 Å². The minimum atomic E-state index is -0.677. The maximum absolute atomic E-state index is 13.6. The number of oxime groups is 1. The van der Waals surface area contributed by atoms with Crippen LogP contribution < -0.4 is 0 Å². The highest BCUT2D eigenvalue weighted by Gasteiger charge is 2.34. The van der Waals surface area contributed by atoms with Gasteiger partial charge in [-0.15, -0.1) is 0 Å². The molecule has 1 atom stereocenters. The lowest BCUT2D eigenvalue weighted by Crippen LogP contribution is -2.45. The molecule has 9 heteroatoms. The van der Waals surface area contributed by atoms with E-state index in [1.165, 1.54) is 13.0 Å². The summed E-state index contributed by atoms with van der Waals surface area (Å²) in [6.07, 6.45) is 4.07. The summed E-state index contributed by atoms with van der Waals surface area (Å²) in [6, 6.07) is 17.6. The molecule has 0 aromatic heterocycles. The second kappa shape index (κ2) is 13.4. The zero-order chi connectivity index (χ0) is 32.2. The van der Waals surface area contributed by atoms with Gasteiger partial charge in [0.15, 0.2) is 5.78 Å². The van der Waals surface area contributed by atoms with Crippen molar-refractivity contribution in [2.75, 3.05) is 14.1 Å². The first kappa shape index (κ1) is 32.4. The fourth-order valence-corrected chi connectivity index (χ4v) is 5.44. The highest BCUT2D eigenvalue weighted by molar-refractivity contribution is 6.46. The average Bonchev–Trinajstić information content (AvgIpc) is 3.32. The first-order valence-electron chi connectivity index (χ1n) is 14.9. The smallest absolute Gasteiger partial charge is 0.318 e. The molecule has 0 spiro atoms. The van der Waals surface area contributed by atoms with Gasteiger partial charge in [-0.2, -0.15) is 0 Å². The summed E-state index contributed by atoms with van der Waals surface area (Å²) in [5.41, 5.74) is 4.45. The van der Waals surface area contributed by atoms with E-state index in [9.17, 15) is 24.5 Å².